The Hall–Kier alpha value is -1.69. The van der Waals surface area contributed by atoms with Crippen molar-refractivity contribution in [2.75, 3.05) is 5.32 Å². The molecule has 1 amide bonds. The van der Waals surface area contributed by atoms with Crippen LogP contribution >= 0.6 is 22.6 Å². The van der Waals surface area contributed by atoms with Crippen LogP contribution in [0.15, 0.2) is 42.5 Å². The molecule has 0 aromatic heterocycles. The van der Waals surface area contributed by atoms with E-state index in [-0.39, 0.29) is 24.5 Å². The lowest BCUT2D eigenvalue weighted by atomic mass is 10.1. The summed E-state index contributed by atoms with van der Waals surface area (Å²) in [6.45, 7) is 3.97. The molecular weight excluding hydrogens is 389 g/mol. The second kappa shape index (κ2) is 7.54. The predicted molar refractivity (Wildman–Crippen MR) is 97.3 cm³/mol. The van der Waals surface area contributed by atoms with Crippen molar-refractivity contribution in [1.29, 1.82) is 0 Å². The van der Waals surface area contributed by atoms with Crippen LogP contribution in [0.3, 0.4) is 0 Å². The third kappa shape index (κ3) is 4.66. The van der Waals surface area contributed by atoms with E-state index in [0.29, 0.717) is 5.56 Å². The van der Waals surface area contributed by atoms with Gasteiger partial charge in [-0.15, -0.1) is 0 Å². The van der Waals surface area contributed by atoms with Crippen molar-refractivity contribution >= 4 is 40.0 Å². The molecule has 4 heteroatoms. The van der Waals surface area contributed by atoms with Gasteiger partial charge in [-0.25, -0.2) is 0 Å². The van der Waals surface area contributed by atoms with E-state index in [1.165, 1.54) is 0 Å². The van der Waals surface area contributed by atoms with Gasteiger partial charge in [0.15, 0.2) is 5.78 Å². The van der Waals surface area contributed by atoms with Crippen LogP contribution in [0.4, 0.5) is 5.69 Å². The topological polar surface area (TPSA) is 46.2 Å². The molecule has 0 radical (unpaired) electrons. The van der Waals surface area contributed by atoms with Crippen molar-refractivity contribution in [1.82, 2.24) is 0 Å². The molecule has 114 valence electrons. The largest absolute Gasteiger partial charge is 0.326 e. The number of carbonyl (C=O) groups is 2. The number of amides is 1. The fourth-order valence-corrected chi connectivity index (χ4v) is 2.53. The van der Waals surface area contributed by atoms with Gasteiger partial charge in [0.25, 0.3) is 0 Å². The molecule has 3 nitrogen and oxygen atoms in total. The number of nitrogens with one attached hydrogen (secondary N) is 1. The molecule has 0 unspecified atom stereocenters. The average Bonchev–Trinajstić information content (AvgIpc) is 2.48. The van der Waals surface area contributed by atoms with Gasteiger partial charge in [0, 0.05) is 27.7 Å². The first-order valence-electron chi connectivity index (χ1n) is 7.11. The minimum Gasteiger partial charge on any atom is -0.326 e. The van der Waals surface area contributed by atoms with Crippen molar-refractivity contribution in [2.24, 2.45) is 0 Å². The van der Waals surface area contributed by atoms with Crippen LogP contribution in [0.2, 0.25) is 0 Å². The van der Waals surface area contributed by atoms with Crippen LogP contribution in [0.25, 0.3) is 0 Å². The van der Waals surface area contributed by atoms with Crippen LogP contribution in [0.5, 0.6) is 0 Å². The van der Waals surface area contributed by atoms with Gasteiger partial charge in [-0.05, 0) is 60.2 Å². The molecule has 0 atom stereocenters. The highest BCUT2D eigenvalue weighted by atomic mass is 127. The zero-order valence-electron chi connectivity index (χ0n) is 12.7. The number of hydrogen-bond donors (Lipinski definition) is 1. The van der Waals surface area contributed by atoms with Crippen LogP contribution in [0, 0.1) is 17.4 Å². The van der Waals surface area contributed by atoms with E-state index >= 15 is 0 Å². The van der Waals surface area contributed by atoms with Gasteiger partial charge in [0.05, 0.1) is 0 Å². The first kappa shape index (κ1) is 16.7. The number of Topliss-reactive ketones (excluding diaryl/α,β-unsaturated/α-hetero) is 1. The highest BCUT2D eigenvalue weighted by molar-refractivity contribution is 14.1. The smallest absolute Gasteiger partial charge is 0.224 e. The Kier molecular flexibility index (Phi) is 5.71. The van der Waals surface area contributed by atoms with E-state index in [1.54, 1.807) is 12.1 Å². The monoisotopic (exact) mass is 407 g/mol. The molecule has 0 spiro atoms. The zero-order valence-corrected chi connectivity index (χ0v) is 14.8. The van der Waals surface area contributed by atoms with Gasteiger partial charge in [-0.2, -0.15) is 0 Å². The number of anilines is 1. The summed E-state index contributed by atoms with van der Waals surface area (Å²) >= 11 is 2.19. The van der Waals surface area contributed by atoms with E-state index in [0.717, 1.165) is 20.4 Å². The Morgan fingerprint density at radius 3 is 2.32 bits per heavy atom. The Labute approximate surface area is 144 Å². The molecule has 0 bridgehead atoms. The van der Waals surface area contributed by atoms with E-state index in [4.69, 9.17) is 0 Å². The molecule has 0 saturated heterocycles. The lowest BCUT2D eigenvalue weighted by Gasteiger charge is -2.09. The third-order valence-electron chi connectivity index (χ3n) is 3.40. The van der Waals surface area contributed by atoms with Crippen LogP contribution in [0.1, 0.15) is 34.3 Å². The Bertz CT molecular complexity index is 693. The van der Waals surface area contributed by atoms with E-state index in [1.807, 2.05) is 44.2 Å². The van der Waals surface area contributed by atoms with Gasteiger partial charge in [0.2, 0.25) is 5.91 Å². The molecule has 2 rings (SSSR count). The second-order valence-electron chi connectivity index (χ2n) is 5.30. The molecule has 1 N–H and O–H groups in total. The number of rotatable bonds is 5. The molecule has 2 aromatic carbocycles. The number of aryl methyl sites for hydroxylation is 2. The van der Waals surface area contributed by atoms with Crippen molar-refractivity contribution in [2.45, 2.75) is 26.7 Å². The molecular formula is C18H18INO2. The number of halogens is 1. The van der Waals surface area contributed by atoms with Crippen LogP contribution in [-0.2, 0) is 4.79 Å². The molecule has 0 aliphatic carbocycles. The second-order valence-corrected chi connectivity index (χ2v) is 6.54. The summed E-state index contributed by atoms with van der Waals surface area (Å²) in [6.07, 6.45) is 0.412. The first-order chi connectivity index (χ1) is 10.5. The first-order valence-corrected chi connectivity index (χ1v) is 8.19. The molecule has 0 saturated carbocycles. The maximum atomic E-state index is 12.0. The maximum absolute atomic E-state index is 12.0. The highest BCUT2D eigenvalue weighted by Gasteiger charge is 2.10. The Balaban J connectivity index is 1.89. The SMILES string of the molecule is Cc1ccc(NC(=O)CCC(=O)c2ccc(I)cc2)c(C)c1. The summed E-state index contributed by atoms with van der Waals surface area (Å²) in [7, 11) is 0. The van der Waals surface area contributed by atoms with E-state index < -0.39 is 0 Å². The fourth-order valence-electron chi connectivity index (χ4n) is 2.17. The number of hydrogen-bond acceptors (Lipinski definition) is 2. The van der Waals surface area contributed by atoms with E-state index in [2.05, 4.69) is 27.9 Å². The van der Waals surface area contributed by atoms with Gasteiger partial charge in [-0.1, -0.05) is 29.8 Å². The number of carbonyl (C=O) groups excluding carboxylic acids is 2. The molecule has 0 fully saturated rings. The molecule has 2 aromatic rings. The molecule has 0 aliphatic heterocycles. The van der Waals surface area contributed by atoms with Crippen molar-refractivity contribution in [3.05, 3.63) is 62.7 Å². The number of ketones is 1. The Morgan fingerprint density at radius 2 is 1.68 bits per heavy atom. The minimum absolute atomic E-state index is 0.00724. The minimum atomic E-state index is -0.134. The standard InChI is InChI=1S/C18H18INO2/c1-12-3-8-16(13(2)11-12)20-18(22)10-9-17(21)14-4-6-15(19)7-5-14/h3-8,11H,9-10H2,1-2H3,(H,20,22). The summed E-state index contributed by atoms with van der Waals surface area (Å²) < 4.78 is 1.08. The third-order valence-corrected chi connectivity index (χ3v) is 4.12. The zero-order chi connectivity index (χ0) is 16.1. The normalized spacial score (nSPS) is 10.3. The summed E-state index contributed by atoms with van der Waals surface area (Å²) in [6, 6.07) is 13.3. The number of benzene rings is 2. The fraction of sp³-hybridized carbons (Fsp3) is 0.222. The van der Waals surface area contributed by atoms with Crippen LogP contribution < -0.4 is 5.32 Å². The summed E-state index contributed by atoms with van der Waals surface area (Å²) in [4.78, 5) is 24.0. The van der Waals surface area contributed by atoms with Crippen molar-refractivity contribution in [3.8, 4) is 0 Å². The van der Waals surface area contributed by atoms with Gasteiger partial charge in [-0.3, -0.25) is 9.59 Å². The average molecular weight is 407 g/mol. The van der Waals surface area contributed by atoms with Crippen molar-refractivity contribution in [3.63, 3.8) is 0 Å². The van der Waals surface area contributed by atoms with Crippen LogP contribution in [-0.4, -0.2) is 11.7 Å². The highest BCUT2D eigenvalue weighted by Crippen LogP contribution is 2.17. The summed E-state index contributed by atoms with van der Waals surface area (Å²) in [5.41, 5.74) is 3.64. The lowest BCUT2D eigenvalue weighted by Crippen LogP contribution is -2.14. The molecule has 22 heavy (non-hydrogen) atoms. The van der Waals surface area contributed by atoms with Gasteiger partial charge in [0.1, 0.15) is 0 Å². The van der Waals surface area contributed by atoms with Crippen molar-refractivity contribution < 1.29 is 9.59 Å². The van der Waals surface area contributed by atoms with E-state index in [9.17, 15) is 9.59 Å². The molecule has 0 aliphatic rings. The maximum Gasteiger partial charge on any atom is 0.224 e. The lowest BCUT2D eigenvalue weighted by molar-refractivity contribution is -0.116. The summed E-state index contributed by atoms with van der Waals surface area (Å²) in [5.74, 6) is -0.141. The van der Waals surface area contributed by atoms with Gasteiger partial charge < -0.3 is 5.32 Å². The quantitative estimate of drug-likeness (QED) is 0.586. The Morgan fingerprint density at radius 1 is 1.00 bits per heavy atom. The van der Waals surface area contributed by atoms with Gasteiger partial charge >= 0.3 is 0 Å². The summed E-state index contributed by atoms with van der Waals surface area (Å²) in [5, 5.41) is 2.86. The molecule has 0 heterocycles. The predicted octanol–water partition coefficient (Wildman–Crippen LogP) is 4.51.